The van der Waals surface area contributed by atoms with Gasteiger partial charge >= 0.3 is 0 Å². The van der Waals surface area contributed by atoms with Gasteiger partial charge in [-0.2, -0.15) is 5.26 Å². The number of hydrogen-bond acceptors (Lipinski definition) is 6. The van der Waals surface area contributed by atoms with E-state index in [1.54, 1.807) is 24.3 Å². The van der Waals surface area contributed by atoms with E-state index in [0.29, 0.717) is 39.3 Å². The number of nitrogens with one attached hydrogen (secondary N) is 1. The molecule has 30 heavy (non-hydrogen) atoms. The van der Waals surface area contributed by atoms with Crippen molar-refractivity contribution in [3.63, 3.8) is 0 Å². The van der Waals surface area contributed by atoms with Crippen molar-refractivity contribution in [3.05, 3.63) is 59.1 Å². The minimum atomic E-state index is -0.634. The molecule has 0 aromatic heterocycles. The molecule has 0 saturated heterocycles. The summed E-state index contributed by atoms with van der Waals surface area (Å²) < 4.78 is 21.2. The molecule has 0 heterocycles. The summed E-state index contributed by atoms with van der Waals surface area (Å²) in [5.41, 5.74) is 0.701. The maximum Gasteiger partial charge on any atom is 0.266 e. The van der Waals surface area contributed by atoms with Crippen LogP contribution in [-0.4, -0.2) is 33.8 Å². The molecule has 0 unspecified atom stereocenters. The second-order valence-corrected chi connectivity index (χ2v) is 6.22. The molecular weight excluding hydrogens is 408 g/mol. The zero-order valence-electron chi connectivity index (χ0n) is 16.8. The minimum absolute atomic E-state index is 0.139. The molecule has 0 atom stereocenters. The Morgan fingerprint density at radius 2 is 1.87 bits per heavy atom. The number of nitriles is 1. The molecule has 8 heteroatoms. The number of hydrogen-bond donors (Lipinski definition) is 1. The van der Waals surface area contributed by atoms with Crippen LogP contribution in [0, 0.1) is 11.3 Å². The van der Waals surface area contributed by atoms with E-state index in [1.807, 2.05) is 6.07 Å². The van der Waals surface area contributed by atoms with Crippen molar-refractivity contribution in [2.75, 3.05) is 33.3 Å². The standard InChI is InChI=1S/C22H21ClN2O5/c1-5-8-30-19-10-16(27-2)7-6-14(19)9-15(13-24)22(26)25-18-12-20(28-3)17(23)11-21(18)29-4/h5-7,9-12H,1,8H2,2-4H3,(H,25,26)/b15-9+. The van der Waals surface area contributed by atoms with Crippen molar-refractivity contribution in [2.24, 2.45) is 0 Å². The topological polar surface area (TPSA) is 89.8 Å². The number of benzene rings is 2. The van der Waals surface area contributed by atoms with Gasteiger partial charge in [0, 0.05) is 23.8 Å². The smallest absolute Gasteiger partial charge is 0.266 e. The largest absolute Gasteiger partial charge is 0.497 e. The Bertz CT molecular complexity index is 1010. The van der Waals surface area contributed by atoms with Crippen LogP contribution in [0.25, 0.3) is 6.08 Å². The molecule has 2 rings (SSSR count). The Kier molecular flexibility index (Phi) is 8.15. The molecule has 1 amide bonds. The van der Waals surface area contributed by atoms with E-state index < -0.39 is 5.91 Å². The lowest BCUT2D eigenvalue weighted by Gasteiger charge is -2.13. The molecule has 0 spiro atoms. The van der Waals surface area contributed by atoms with Crippen molar-refractivity contribution in [3.8, 4) is 29.1 Å². The summed E-state index contributed by atoms with van der Waals surface area (Å²) in [4.78, 5) is 12.7. The van der Waals surface area contributed by atoms with Crippen molar-refractivity contribution < 1.29 is 23.7 Å². The summed E-state index contributed by atoms with van der Waals surface area (Å²) in [6, 6.07) is 9.98. The van der Waals surface area contributed by atoms with Gasteiger partial charge < -0.3 is 24.3 Å². The highest BCUT2D eigenvalue weighted by Crippen LogP contribution is 2.36. The maximum atomic E-state index is 12.7. The molecule has 2 aromatic carbocycles. The van der Waals surface area contributed by atoms with Crippen molar-refractivity contribution >= 4 is 29.3 Å². The highest BCUT2D eigenvalue weighted by atomic mass is 35.5. The van der Waals surface area contributed by atoms with E-state index >= 15 is 0 Å². The Hall–Kier alpha value is -3.63. The molecule has 1 N–H and O–H groups in total. The fraction of sp³-hybridized carbons (Fsp3) is 0.182. The van der Waals surface area contributed by atoms with Gasteiger partial charge in [-0.05, 0) is 18.2 Å². The first kappa shape index (κ1) is 22.7. The second kappa shape index (κ2) is 10.8. The lowest BCUT2D eigenvalue weighted by Crippen LogP contribution is -2.14. The second-order valence-electron chi connectivity index (χ2n) is 5.81. The molecule has 156 valence electrons. The number of amides is 1. The van der Waals surface area contributed by atoms with Crippen molar-refractivity contribution in [2.45, 2.75) is 0 Å². The number of anilines is 1. The molecule has 0 aliphatic rings. The van der Waals surface area contributed by atoms with E-state index in [2.05, 4.69) is 11.9 Å². The van der Waals surface area contributed by atoms with Crippen LogP contribution in [-0.2, 0) is 4.79 Å². The first-order chi connectivity index (χ1) is 14.5. The van der Waals surface area contributed by atoms with Gasteiger partial charge in [0.15, 0.2) is 0 Å². The van der Waals surface area contributed by atoms with Crippen molar-refractivity contribution in [1.29, 1.82) is 5.26 Å². The van der Waals surface area contributed by atoms with Gasteiger partial charge in [-0.25, -0.2) is 0 Å². The zero-order chi connectivity index (χ0) is 22.1. The summed E-state index contributed by atoms with van der Waals surface area (Å²) in [6.45, 7) is 3.87. The lowest BCUT2D eigenvalue weighted by atomic mass is 10.1. The Balaban J connectivity index is 2.39. The molecule has 7 nitrogen and oxygen atoms in total. The quantitative estimate of drug-likeness (QED) is 0.360. The van der Waals surface area contributed by atoms with E-state index in [1.165, 1.54) is 39.5 Å². The predicted octanol–water partition coefficient (Wildman–Crippen LogP) is 4.48. The van der Waals surface area contributed by atoms with Gasteiger partial charge in [-0.3, -0.25) is 4.79 Å². The number of carbonyl (C=O) groups excluding carboxylic acids is 1. The van der Waals surface area contributed by atoms with Crippen LogP contribution in [0.3, 0.4) is 0 Å². The molecule has 0 aliphatic heterocycles. The van der Waals surface area contributed by atoms with Crippen molar-refractivity contribution in [1.82, 2.24) is 0 Å². The van der Waals surface area contributed by atoms with Crippen LogP contribution in [0.15, 0.2) is 48.6 Å². The molecule has 0 aliphatic carbocycles. The molecule has 0 radical (unpaired) electrons. The molecule has 2 aromatic rings. The predicted molar refractivity (Wildman–Crippen MR) is 115 cm³/mol. The third-order valence-electron chi connectivity index (χ3n) is 3.96. The molecule has 0 bridgehead atoms. The Morgan fingerprint density at radius 3 is 2.47 bits per heavy atom. The van der Waals surface area contributed by atoms with Crippen LogP contribution >= 0.6 is 11.6 Å². The van der Waals surface area contributed by atoms with Crippen LogP contribution in [0.4, 0.5) is 5.69 Å². The number of halogens is 1. The number of nitrogens with zero attached hydrogens (tertiary/aromatic N) is 1. The maximum absolute atomic E-state index is 12.7. The fourth-order valence-electron chi connectivity index (χ4n) is 2.49. The average molecular weight is 429 g/mol. The van der Waals surface area contributed by atoms with Gasteiger partial charge in [0.2, 0.25) is 0 Å². The number of ether oxygens (including phenoxy) is 4. The summed E-state index contributed by atoms with van der Waals surface area (Å²) in [7, 11) is 4.42. The average Bonchev–Trinajstić information content (AvgIpc) is 2.76. The summed E-state index contributed by atoms with van der Waals surface area (Å²) in [6.07, 6.45) is 3.01. The first-order valence-electron chi connectivity index (χ1n) is 8.73. The van der Waals surface area contributed by atoms with E-state index in [-0.39, 0.29) is 12.2 Å². The Morgan fingerprint density at radius 1 is 1.13 bits per heavy atom. The SMILES string of the molecule is C=CCOc1cc(OC)ccc1/C=C(\C#N)C(=O)Nc1cc(OC)c(Cl)cc1OC. The minimum Gasteiger partial charge on any atom is -0.497 e. The summed E-state index contributed by atoms with van der Waals surface area (Å²) >= 11 is 6.09. The molecule has 0 fully saturated rings. The Labute approximate surface area is 180 Å². The first-order valence-corrected chi connectivity index (χ1v) is 9.11. The van der Waals surface area contributed by atoms with E-state index in [4.69, 9.17) is 30.5 Å². The zero-order valence-corrected chi connectivity index (χ0v) is 17.6. The van der Waals surface area contributed by atoms with Crippen LogP contribution in [0.2, 0.25) is 5.02 Å². The summed E-state index contributed by atoms with van der Waals surface area (Å²) in [5, 5.41) is 12.5. The third kappa shape index (κ3) is 5.46. The third-order valence-corrected chi connectivity index (χ3v) is 4.26. The number of carbonyl (C=O) groups is 1. The van der Waals surface area contributed by atoms with Gasteiger partial charge in [-0.1, -0.05) is 24.3 Å². The molecular formula is C22H21ClN2O5. The van der Waals surface area contributed by atoms with Crippen LogP contribution in [0.1, 0.15) is 5.56 Å². The van der Waals surface area contributed by atoms with Crippen LogP contribution < -0.4 is 24.3 Å². The fourth-order valence-corrected chi connectivity index (χ4v) is 2.72. The van der Waals surface area contributed by atoms with Gasteiger partial charge in [0.05, 0.1) is 32.0 Å². The number of rotatable bonds is 9. The highest BCUT2D eigenvalue weighted by Gasteiger charge is 2.16. The van der Waals surface area contributed by atoms with Gasteiger partial charge in [0.25, 0.3) is 5.91 Å². The molecule has 0 saturated carbocycles. The number of methoxy groups -OCH3 is 3. The normalized spacial score (nSPS) is 10.6. The van der Waals surface area contributed by atoms with E-state index in [9.17, 15) is 10.1 Å². The highest BCUT2D eigenvalue weighted by molar-refractivity contribution is 6.32. The van der Waals surface area contributed by atoms with E-state index in [0.717, 1.165) is 0 Å². The van der Waals surface area contributed by atoms with Gasteiger partial charge in [-0.15, -0.1) is 0 Å². The van der Waals surface area contributed by atoms with Gasteiger partial charge in [0.1, 0.15) is 41.2 Å². The van der Waals surface area contributed by atoms with Crippen LogP contribution in [0.5, 0.6) is 23.0 Å². The summed E-state index contributed by atoms with van der Waals surface area (Å²) in [5.74, 6) is 1.06. The monoisotopic (exact) mass is 428 g/mol. The lowest BCUT2D eigenvalue weighted by molar-refractivity contribution is -0.112.